The van der Waals surface area contributed by atoms with Crippen LogP contribution in [0.5, 0.6) is 0 Å². The zero-order valence-corrected chi connectivity index (χ0v) is 19.0. The monoisotopic (exact) mass is 436 g/mol. The molecule has 1 atom stereocenters. The van der Waals surface area contributed by atoms with Crippen molar-refractivity contribution < 1.29 is 9.47 Å². The van der Waals surface area contributed by atoms with Gasteiger partial charge in [-0.05, 0) is 50.7 Å². The lowest BCUT2D eigenvalue weighted by molar-refractivity contribution is 0.0531. The lowest BCUT2D eigenvalue weighted by atomic mass is 10.1. The van der Waals surface area contributed by atoms with E-state index in [1.165, 1.54) is 11.1 Å². The highest BCUT2D eigenvalue weighted by molar-refractivity contribution is 5.94. The SMILES string of the molecule is C=C(\C=C(/N=C(C)/C=C(\N)C1CCCO1)N1CCOCC1)N=CC1=C(N)CCC2=C([CH]2)C1. The van der Waals surface area contributed by atoms with Gasteiger partial charge in [-0.25, -0.2) is 4.99 Å². The van der Waals surface area contributed by atoms with E-state index < -0.39 is 0 Å². The molecule has 4 N–H and O–H groups in total. The van der Waals surface area contributed by atoms with Crippen molar-refractivity contribution >= 4 is 11.9 Å². The van der Waals surface area contributed by atoms with E-state index in [0.717, 1.165) is 80.3 Å². The molecular weight excluding hydrogens is 402 g/mol. The van der Waals surface area contributed by atoms with E-state index in [2.05, 4.69) is 22.9 Å². The van der Waals surface area contributed by atoms with E-state index >= 15 is 0 Å². The summed E-state index contributed by atoms with van der Waals surface area (Å²) in [6.07, 6.45) is 12.7. The second kappa shape index (κ2) is 10.3. The third-order valence-electron chi connectivity index (χ3n) is 6.12. The normalized spacial score (nSPS) is 25.5. The number of aliphatic imine (C=N–C) groups is 2. The molecule has 1 radical (unpaired) electrons. The Kier molecular flexibility index (Phi) is 7.27. The number of hydrogen-bond acceptors (Lipinski definition) is 7. The number of allylic oxidation sites excluding steroid dienone is 6. The van der Waals surface area contributed by atoms with Crippen LogP contribution in [0.15, 0.2) is 68.3 Å². The smallest absolute Gasteiger partial charge is 0.131 e. The molecule has 2 heterocycles. The molecule has 0 aromatic carbocycles. The minimum atomic E-state index is -0.00631. The lowest BCUT2D eigenvalue weighted by Gasteiger charge is -2.29. The maximum Gasteiger partial charge on any atom is 0.131 e. The highest BCUT2D eigenvalue weighted by Crippen LogP contribution is 2.41. The van der Waals surface area contributed by atoms with Gasteiger partial charge in [-0.1, -0.05) is 17.7 Å². The second-order valence-corrected chi connectivity index (χ2v) is 8.67. The van der Waals surface area contributed by atoms with Gasteiger partial charge >= 0.3 is 0 Å². The summed E-state index contributed by atoms with van der Waals surface area (Å²) in [6, 6.07) is 0. The van der Waals surface area contributed by atoms with Gasteiger partial charge in [-0.3, -0.25) is 4.99 Å². The molecule has 4 rings (SSSR count). The number of nitrogens with zero attached hydrogens (tertiary/aromatic N) is 3. The average Bonchev–Trinajstić information content (AvgIpc) is 3.32. The van der Waals surface area contributed by atoms with Crippen molar-refractivity contribution in [3.8, 4) is 0 Å². The van der Waals surface area contributed by atoms with Gasteiger partial charge in [-0.15, -0.1) is 0 Å². The number of morpholine rings is 1. The van der Waals surface area contributed by atoms with Crippen molar-refractivity contribution in [2.24, 2.45) is 21.5 Å². The Balaban J connectivity index is 1.50. The standard InChI is InChI=1S/C25H34N5O2/c1-17(28-16-21-15-20-14-19(20)5-6-22(21)26)13-25(30-7-10-31-11-8-30)29-18(2)12-23(27)24-4-3-9-32-24/h12-14,16,24H,1,3-11,15,26-27H2,2H3/b23-12-,25-13+,28-16?,29-18+. The van der Waals surface area contributed by atoms with Crippen molar-refractivity contribution in [2.75, 3.05) is 32.9 Å². The van der Waals surface area contributed by atoms with Crippen molar-refractivity contribution in [2.45, 2.75) is 45.1 Å². The Morgan fingerprint density at radius 2 is 2.00 bits per heavy atom. The molecule has 2 aliphatic heterocycles. The molecule has 2 aliphatic carbocycles. The third-order valence-corrected chi connectivity index (χ3v) is 6.12. The van der Waals surface area contributed by atoms with Crippen LogP contribution >= 0.6 is 0 Å². The molecule has 32 heavy (non-hydrogen) atoms. The summed E-state index contributed by atoms with van der Waals surface area (Å²) in [6.45, 7) is 9.75. The minimum absolute atomic E-state index is 0.00631. The molecule has 2 fully saturated rings. The van der Waals surface area contributed by atoms with E-state index in [1.54, 1.807) is 0 Å². The molecule has 0 saturated carbocycles. The van der Waals surface area contributed by atoms with Crippen LogP contribution in [-0.2, 0) is 9.47 Å². The lowest BCUT2D eigenvalue weighted by Crippen LogP contribution is -2.35. The van der Waals surface area contributed by atoms with Gasteiger partial charge in [-0.2, -0.15) is 0 Å². The molecule has 0 spiro atoms. The topological polar surface area (TPSA) is 98.5 Å². The first kappa shape index (κ1) is 22.6. The second-order valence-electron chi connectivity index (χ2n) is 8.67. The Morgan fingerprint density at radius 3 is 2.75 bits per heavy atom. The summed E-state index contributed by atoms with van der Waals surface area (Å²) in [4.78, 5) is 11.6. The number of nitrogens with two attached hydrogens (primary N) is 2. The minimum Gasteiger partial charge on any atom is -0.402 e. The third kappa shape index (κ3) is 5.99. The maximum absolute atomic E-state index is 6.26. The van der Waals surface area contributed by atoms with Gasteiger partial charge < -0.3 is 25.8 Å². The first-order valence-electron chi connectivity index (χ1n) is 11.4. The highest BCUT2D eigenvalue weighted by atomic mass is 16.5. The molecule has 7 heteroatoms. The van der Waals surface area contributed by atoms with Crippen LogP contribution < -0.4 is 11.5 Å². The quantitative estimate of drug-likeness (QED) is 0.472. The zero-order valence-electron chi connectivity index (χ0n) is 19.0. The summed E-state index contributed by atoms with van der Waals surface area (Å²) in [7, 11) is 0. The van der Waals surface area contributed by atoms with Crippen LogP contribution in [-0.4, -0.2) is 55.8 Å². The molecule has 0 amide bonds. The van der Waals surface area contributed by atoms with Crippen LogP contribution in [0.2, 0.25) is 0 Å². The summed E-state index contributed by atoms with van der Waals surface area (Å²) in [5.41, 5.74) is 19.5. The van der Waals surface area contributed by atoms with E-state index in [0.29, 0.717) is 18.9 Å². The van der Waals surface area contributed by atoms with Crippen molar-refractivity contribution in [3.63, 3.8) is 0 Å². The number of rotatable bonds is 7. The zero-order chi connectivity index (χ0) is 22.5. The molecule has 2 saturated heterocycles. The van der Waals surface area contributed by atoms with Crippen molar-refractivity contribution in [1.82, 2.24) is 4.90 Å². The molecule has 171 valence electrons. The Morgan fingerprint density at radius 1 is 1.19 bits per heavy atom. The average molecular weight is 437 g/mol. The molecule has 0 aromatic heterocycles. The summed E-state index contributed by atoms with van der Waals surface area (Å²) in [5.74, 6) is 0.813. The first-order chi connectivity index (χ1) is 15.5. The molecule has 7 nitrogen and oxygen atoms in total. The Hall–Kier alpha value is -2.64. The predicted octanol–water partition coefficient (Wildman–Crippen LogP) is 3.14. The van der Waals surface area contributed by atoms with E-state index in [9.17, 15) is 0 Å². The van der Waals surface area contributed by atoms with Gasteiger partial charge in [0.2, 0.25) is 0 Å². The van der Waals surface area contributed by atoms with Crippen molar-refractivity contribution in [3.05, 3.63) is 64.8 Å². The Bertz CT molecular complexity index is 926. The predicted molar refractivity (Wildman–Crippen MR) is 129 cm³/mol. The molecule has 1 unspecified atom stereocenters. The van der Waals surface area contributed by atoms with Gasteiger partial charge in [0, 0.05) is 55.5 Å². The largest absolute Gasteiger partial charge is 0.402 e. The number of ether oxygens (including phenoxy) is 2. The summed E-state index contributed by atoms with van der Waals surface area (Å²) >= 11 is 0. The summed E-state index contributed by atoms with van der Waals surface area (Å²) in [5, 5.41) is 0. The van der Waals surface area contributed by atoms with Gasteiger partial charge in [0.1, 0.15) is 5.82 Å². The fraction of sp³-hybridized carbons (Fsp3) is 0.480. The van der Waals surface area contributed by atoms with Gasteiger partial charge in [0.05, 0.1) is 25.0 Å². The number of hydrogen-bond donors (Lipinski definition) is 2. The molecular formula is C25H34N5O2. The molecule has 0 aromatic rings. The van der Waals surface area contributed by atoms with E-state index in [4.69, 9.17) is 25.9 Å². The summed E-state index contributed by atoms with van der Waals surface area (Å²) < 4.78 is 11.2. The van der Waals surface area contributed by atoms with Crippen LogP contribution in [0.1, 0.15) is 39.0 Å². The van der Waals surface area contributed by atoms with E-state index in [-0.39, 0.29) is 6.10 Å². The van der Waals surface area contributed by atoms with Crippen molar-refractivity contribution in [1.29, 1.82) is 0 Å². The van der Waals surface area contributed by atoms with Gasteiger partial charge in [0.15, 0.2) is 0 Å². The van der Waals surface area contributed by atoms with E-state index in [1.807, 2.05) is 25.3 Å². The Labute approximate surface area is 190 Å². The maximum atomic E-state index is 6.26. The van der Waals surface area contributed by atoms with Crippen LogP contribution in [0.25, 0.3) is 0 Å². The van der Waals surface area contributed by atoms with Crippen LogP contribution in [0.4, 0.5) is 0 Å². The highest BCUT2D eigenvalue weighted by Gasteiger charge is 2.25. The fourth-order valence-corrected chi connectivity index (χ4v) is 4.17. The molecule has 0 bridgehead atoms. The fourth-order valence-electron chi connectivity index (χ4n) is 4.17. The first-order valence-corrected chi connectivity index (χ1v) is 11.4. The van der Waals surface area contributed by atoms with Crippen LogP contribution in [0, 0.1) is 6.42 Å². The van der Waals surface area contributed by atoms with Gasteiger partial charge in [0.25, 0.3) is 0 Å². The van der Waals surface area contributed by atoms with Crippen LogP contribution in [0.3, 0.4) is 0 Å². The molecule has 4 aliphatic rings.